The summed E-state index contributed by atoms with van der Waals surface area (Å²) in [6.07, 6.45) is 0. The highest BCUT2D eigenvalue weighted by Gasteiger charge is 2.40. The molecule has 0 radical (unpaired) electrons. The van der Waals surface area contributed by atoms with Gasteiger partial charge in [0, 0.05) is 12.6 Å². The summed E-state index contributed by atoms with van der Waals surface area (Å²) in [5.74, 6) is -0.449. The molecule has 0 bridgehead atoms. The van der Waals surface area contributed by atoms with Crippen molar-refractivity contribution in [2.75, 3.05) is 14.2 Å². The number of nitrogens with one attached hydrogen (secondary N) is 1. The van der Waals surface area contributed by atoms with E-state index in [2.05, 4.69) is 5.32 Å². The largest absolute Gasteiger partial charge is 0.497 e. The number of ether oxygens (including phenoxy) is 2. The first-order valence-electron chi connectivity index (χ1n) is 6.94. The topological polar surface area (TPSA) is 84.9 Å². The molecule has 7 heteroatoms. The average molecular weight is 318 g/mol. The Kier molecular flexibility index (Phi) is 4.68. The number of hydrogen-bond donors (Lipinski definition) is 1. The highest BCUT2D eigenvalue weighted by Crippen LogP contribution is 2.34. The van der Waals surface area contributed by atoms with Crippen LogP contribution >= 0.6 is 0 Å². The summed E-state index contributed by atoms with van der Waals surface area (Å²) in [5.41, 5.74) is 1.18. The SMILES string of the molecule is COC(=O)C1=C(C)NC(=O)N(C(C)=O)C1c1ccc(OC)cc1. The quantitative estimate of drug-likeness (QED) is 0.858. The van der Waals surface area contributed by atoms with Crippen LogP contribution in [-0.4, -0.2) is 37.0 Å². The average Bonchev–Trinajstić information content (AvgIpc) is 2.53. The van der Waals surface area contributed by atoms with Crippen molar-refractivity contribution in [3.8, 4) is 5.75 Å². The number of allylic oxidation sites excluding steroid dienone is 1. The third-order valence-corrected chi connectivity index (χ3v) is 3.62. The predicted octanol–water partition coefficient (Wildman–Crippen LogP) is 1.76. The van der Waals surface area contributed by atoms with Gasteiger partial charge >= 0.3 is 12.0 Å². The highest BCUT2D eigenvalue weighted by molar-refractivity contribution is 6.01. The normalized spacial score (nSPS) is 17.7. The maximum Gasteiger partial charge on any atom is 0.337 e. The van der Waals surface area contributed by atoms with E-state index in [4.69, 9.17) is 9.47 Å². The molecule has 1 aliphatic heterocycles. The zero-order valence-electron chi connectivity index (χ0n) is 13.4. The Bertz CT molecular complexity index is 678. The second-order valence-corrected chi connectivity index (χ2v) is 5.03. The van der Waals surface area contributed by atoms with E-state index in [9.17, 15) is 14.4 Å². The van der Waals surface area contributed by atoms with Crippen molar-refractivity contribution in [1.82, 2.24) is 10.2 Å². The standard InChI is InChI=1S/C16H18N2O5/c1-9-13(15(20)23-4)14(18(10(2)19)16(21)17-9)11-5-7-12(22-3)8-6-11/h5-8,14H,1-4H3,(H,17,21). The Balaban J connectivity index is 2.61. The van der Waals surface area contributed by atoms with E-state index < -0.39 is 23.9 Å². The Morgan fingerprint density at radius 1 is 1.17 bits per heavy atom. The van der Waals surface area contributed by atoms with Gasteiger partial charge in [-0.2, -0.15) is 0 Å². The molecule has 1 N–H and O–H groups in total. The Morgan fingerprint density at radius 3 is 2.26 bits per heavy atom. The lowest BCUT2D eigenvalue weighted by molar-refractivity contribution is -0.137. The molecule has 23 heavy (non-hydrogen) atoms. The highest BCUT2D eigenvalue weighted by atomic mass is 16.5. The molecule has 1 aromatic carbocycles. The van der Waals surface area contributed by atoms with E-state index in [0.29, 0.717) is 17.0 Å². The maximum absolute atomic E-state index is 12.2. The van der Waals surface area contributed by atoms with E-state index in [1.807, 2.05) is 0 Å². The van der Waals surface area contributed by atoms with E-state index in [1.165, 1.54) is 21.1 Å². The summed E-state index contributed by atoms with van der Waals surface area (Å²) in [5, 5.41) is 2.52. The van der Waals surface area contributed by atoms with Crippen LogP contribution in [0.2, 0.25) is 0 Å². The lowest BCUT2D eigenvalue weighted by Crippen LogP contribution is -2.50. The van der Waals surface area contributed by atoms with Gasteiger partial charge in [-0.3, -0.25) is 9.69 Å². The zero-order valence-corrected chi connectivity index (χ0v) is 13.4. The predicted molar refractivity (Wildman–Crippen MR) is 81.5 cm³/mol. The van der Waals surface area contributed by atoms with Crippen LogP contribution in [0.3, 0.4) is 0 Å². The molecular weight excluding hydrogens is 300 g/mol. The van der Waals surface area contributed by atoms with Crippen LogP contribution in [0.1, 0.15) is 25.5 Å². The number of methoxy groups -OCH3 is 2. The molecule has 1 atom stereocenters. The monoisotopic (exact) mass is 318 g/mol. The smallest absolute Gasteiger partial charge is 0.337 e. The number of rotatable bonds is 3. The fourth-order valence-electron chi connectivity index (χ4n) is 2.54. The first-order chi connectivity index (χ1) is 10.9. The first-order valence-corrected chi connectivity index (χ1v) is 6.94. The minimum absolute atomic E-state index is 0.215. The molecular formula is C16H18N2O5. The summed E-state index contributed by atoms with van der Waals surface area (Å²) in [7, 11) is 2.79. The number of carbonyl (C=O) groups is 3. The Labute approximate surface area is 133 Å². The van der Waals surface area contributed by atoms with Gasteiger partial charge in [-0.15, -0.1) is 0 Å². The first kappa shape index (κ1) is 16.5. The van der Waals surface area contributed by atoms with Crippen LogP contribution in [0.5, 0.6) is 5.75 Å². The fourth-order valence-corrected chi connectivity index (χ4v) is 2.54. The number of benzene rings is 1. The second kappa shape index (κ2) is 6.51. The van der Waals surface area contributed by atoms with Gasteiger partial charge in [0.05, 0.1) is 19.8 Å². The van der Waals surface area contributed by atoms with Crippen LogP contribution in [0, 0.1) is 0 Å². The molecule has 3 amide bonds. The van der Waals surface area contributed by atoms with Crippen molar-refractivity contribution in [3.63, 3.8) is 0 Å². The van der Waals surface area contributed by atoms with Gasteiger partial charge in [0.25, 0.3) is 0 Å². The van der Waals surface area contributed by atoms with Crippen molar-refractivity contribution >= 4 is 17.9 Å². The number of carbonyl (C=O) groups excluding carboxylic acids is 3. The third kappa shape index (κ3) is 3.03. The van der Waals surface area contributed by atoms with Crippen molar-refractivity contribution in [2.45, 2.75) is 19.9 Å². The molecule has 0 fully saturated rings. The second-order valence-electron chi connectivity index (χ2n) is 5.03. The van der Waals surface area contributed by atoms with Crippen LogP contribution in [0.25, 0.3) is 0 Å². The molecule has 1 heterocycles. The molecule has 1 aliphatic rings. The van der Waals surface area contributed by atoms with Gasteiger partial charge in [0.2, 0.25) is 5.91 Å². The zero-order chi connectivity index (χ0) is 17.1. The number of hydrogen-bond acceptors (Lipinski definition) is 5. The van der Waals surface area contributed by atoms with E-state index >= 15 is 0 Å². The Morgan fingerprint density at radius 2 is 1.78 bits per heavy atom. The van der Waals surface area contributed by atoms with Crippen molar-refractivity contribution < 1.29 is 23.9 Å². The summed E-state index contributed by atoms with van der Waals surface area (Å²) < 4.78 is 9.91. The number of nitrogens with zero attached hydrogens (tertiary/aromatic N) is 1. The summed E-state index contributed by atoms with van der Waals surface area (Å²) in [4.78, 5) is 37.3. The van der Waals surface area contributed by atoms with E-state index in [-0.39, 0.29) is 5.57 Å². The fraction of sp³-hybridized carbons (Fsp3) is 0.312. The Hall–Kier alpha value is -2.83. The number of imide groups is 1. The molecule has 1 aromatic rings. The molecule has 0 saturated heterocycles. The van der Waals surface area contributed by atoms with Crippen LogP contribution in [-0.2, 0) is 14.3 Å². The molecule has 0 aliphatic carbocycles. The number of esters is 1. The molecule has 0 aromatic heterocycles. The van der Waals surface area contributed by atoms with Crippen LogP contribution < -0.4 is 10.1 Å². The van der Waals surface area contributed by atoms with Gasteiger partial charge < -0.3 is 14.8 Å². The van der Waals surface area contributed by atoms with Crippen LogP contribution in [0.15, 0.2) is 35.5 Å². The minimum atomic E-state index is -0.848. The molecule has 0 spiro atoms. The maximum atomic E-state index is 12.2. The summed E-state index contributed by atoms with van der Waals surface area (Å²) in [6, 6.07) is 5.38. The molecule has 7 nitrogen and oxygen atoms in total. The minimum Gasteiger partial charge on any atom is -0.497 e. The molecule has 2 rings (SSSR count). The van der Waals surface area contributed by atoms with Crippen molar-refractivity contribution in [2.24, 2.45) is 0 Å². The lowest BCUT2D eigenvalue weighted by atomic mass is 9.93. The molecule has 1 unspecified atom stereocenters. The lowest BCUT2D eigenvalue weighted by Gasteiger charge is -2.35. The number of amides is 3. The van der Waals surface area contributed by atoms with Crippen LogP contribution in [0.4, 0.5) is 4.79 Å². The van der Waals surface area contributed by atoms with Gasteiger partial charge in [0.1, 0.15) is 11.8 Å². The van der Waals surface area contributed by atoms with Gasteiger partial charge in [0.15, 0.2) is 0 Å². The van der Waals surface area contributed by atoms with Gasteiger partial charge in [-0.1, -0.05) is 12.1 Å². The number of urea groups is 1. The van der Waals surface area contributed by atoms with Gasteiger partial charge in [-0.05, 0) is 24.6 Å². The summed E-state index contributed by atoms with van der Waals surface area (Å²) >= 11 is 0. The van der Waals surface area contributed by atoms with Gasteiger partial charge in [-0.25, -0.2) is 9.59 Å². The van der Waals surface area contributed by atoms with Crippen molar-refractivity contribution in [3.05, 3.63) is 41.1 Å². The van der Waals surface area contributed by atoms with E-state index in [1.54, 1.807) is 31.2 Å². The third-order valence-electron chi connectivity index (χ3n) is 3.62. The molecule has 122 valence electrons. The summed E-state index contributed by atoms with van der Waals surface area (Å²) in [6.45, 7) is 2.86. The van der Waals surface area contributed by atoms with Crippen molar-refractivity contribution in [1.29, 1.82) is 0 Å². The van der Waals surface area contributed by atoms with E-state index in [0.717, 1.165) is 4.90 Å². The molecule has 0 saturated carbocycles.